The van der Waals surface area contributed by atoms with E-state index in [1.54, 1.807) is 10.7 Å². The van der Waals surface area contributed by atoms with Crippen molar-refractivity contribution in [3.63, 3.8) is 0 Å². The largest absolute Gasteiger partial charge is 0.490 e. The van der Waals surface area contributed by atoms with Gasteiger partial charge in [-0.25, -0.2) is 0 Å². The molecule has 120 valence electrons. The zero-order valence-corrected chi connectivity index (χ0v) is 13.3. The molecule has 1 aromatic carbocycles. The van der Waals surface area contributed by atoms with E-state index in [1.807, 2.05) is 48.5 Å². The van der Waals surface area contributed by atoms with E-state index in [0.717, 1.165) is 31.7 Å². The van der Waals surface area contributed by atoms with Gasteiger partial charge in [-0.05, 0) is 42.9 Å². The maximum absolute atomic E-state index is 12.5. The maximum Gasteiger partial charge on any atom is 0.274 e. The van der Waals surface area contributed by atoms with Gasteiger partial charge in [0.15, 0.2) is 0 Å². The highest BCUT2D eigenvalue weighted by Gasteiger charge is 2.43. The van der Waals surface area contributed by atoms with Gasteiger partial charge in [0, 0.05) is 26.3 Å². The van der Waals surface area contributed by atoms with Crippen molar-refractivity contribution in [3.05, 3.63) is 48.3 Å². The second-order valence-corrected chi connectivity index (χ2v) is 6.63. The lowest BCUT2D eigenvalue weighted by atomic mass is 10.0. The summed E-state index contributed by atoms with van der Waals surface area (Å²) >= 11 is 0. The smallest absolute Gasteiger partial charge is 0.274 e. The third-order valence-electron chi connectivity index (χ3n) is 4.97. The van der Waals surface area contributed by atoms with Gasteiger partial charge in [0.05, 0.1) is 6.10 Å². The number of carbonyl (C=O) groups is 1. The molecule has 2 aliphatic rings. The first kappa shape index (κ1) is 14.3. The van der Waals surface area contributed by atoms with Crippen LogP contribution in [0.1, 0.15) is 23.3 Å². The van der Waals surface area contributed by atoms with Crippen molar-refractivity contribution in [2.45, 2.75) is 18.9 Å². The van der Waals surface area contributed by atoms with Crippen molar-refractivity contribution in [1.29, 1.82) is 0 Å². The Bertz CT molecular complexity index is 683. The molecule has 0 N–H and O–H groups in total. The van der Waals surface area contributed by atoms with Gasteiger partial charge < -0.3 is 9.64 Å². The normalized spacial score (nSPS) is 26.3. The monoisotopic (exact) mass is 311 g/mol. The number of nitrogens with zero attached hydrogens (tertiary/aromatic N) is 3. The van der Waals surface area contributed by atoms with E-state index >= 15 is 0 Å². The molecule has 2 heterocycles. The summed E-state index contributed by atoms with van der Waals surface area (Å²) in [5.41, 5.74) is 0.546. The van der Waals surface area contributed by atoms with Gasteiger partial charge in [-0.1, -0.05) is 18.2 Å². The lowest BCUT2D eigenvalue weighted by molar-refractivity contribution is 0.0763. The van der Waals surface area contributed by atoms with Crippen LogP contribution in [-0.2, 0) is 7.05 Å². The molecule has 23 heavy (non-hydrogen) atoms. The molecule has 1 aliphatic carbocycles. The Morgan fingerprint density at radius 1 is 1.13 bits per heavy atom. The minimum atomic E-state index is 0.0560. The van der Waals surface area contributed by atoms with E-state index in [0.29, 0.717) is 17.5 Å². The average Bonchev–Trinajstić information content (AvgIpc) is 3.22. The fourth-order valence-corrected chi connectivity index (χ4v) is 3.89. The molecule has 1 aromatic heterocycles. The minimum absolute atomic E-state index is 0.0560. The first-order valence-electron chi connectivity index (χ1n) is 8.19. The Morgan fingerprint density at radius 3 is 2.43 bits per heavy atom. The topological polar surface area (TPSA) is 47.4 Å². The number of amides is 1. The van der Waals surface area contributed by atoms with Crippen LogP contribution < -0.4 is 4.74 Å². The molecule has 0 bridgehead atoms. The van der Waals surface area contributed by atoms with E-state index in [-0.39, 0.29) is 12.0 Å². The molecule has 5 nitrogen and oxygen atoms in total. The number of benzene rings is 1. The van der Waals surface area contributed by atoms with E-state index in [1.165, 1.54) is 0 Å². The molecule has 0 spiro atoms. The van der Waals surface area contributed by atoms with Crippen molar-refractivity contribution in [2.24, 2.45) is 18.9 Å². The molecule has 1 saturated heterocycles. The molecule has 5 heteroatoms. The Morgan fingerprint density at radius 2 is 1.83 bits per heavy atom. The van der Waals surface area contributed by atoms with Crippen LogP contribution in [0.4, 0.5) is 0 Å². The van der Waals surface area contributed by atoms with Gasteiger partial charge in [0.1, 0.15) is 11.4 Å². The van der Waals surface area contributed by atoms with E-state index in [9.17, 15) is 4.79 Å². The standard InChI is InChI=1S/C18H21N3O2/c1-20-8-7-17(19-20)18(22)21-11-13-9-16(10-14(13)12-21)23-15-5-3-2-4-6-15/h2-8,13-14,16H,9-12H2,1H3/t13-,14+,16?. The van der Waals surface area contributed by atoms with Gasteiger partial charge in [-0.2, -0.15) is 5.10 Å². The SMILES string of the molecule is Cn1ccc(C(=O)N2C[C@H]3CC(Oc4ccccc4)C[C@H]3C2)n1. The van der Waals surface area contributed by atoms with Crippen LogP contribution in [0, 0.1) is 11.8 Å². The number of ether oxygens (including phenoxy) is 1. The molecule has 2 fully saturated rings. The van der Waals surface area contributed by atoms with Gasteiger partial charge >= 0.3 is 0 Å². The maximum atomic E-state index is 12.5. The number of hydrogen-bond acceptors (Lipinski definition) is 3. The van der Waals surface area contributed by atoms with Gasteiger partial charge in [0.2, 0.25) is 0 Å². The molecule has 1 amide bonds. The van der Waals surface area contributed by atoms with E-state index in [4.69, 9.17) is 4.74 Å². The van der Waals surface area contributed by atoms with Crippen LogP contribution in [0.25, 0.3) is 0 Å². The van der Waals surface area contributed by atoms with Gasteiger partial charge in [-0.15, -0.1) is 0 Å². The fourth-order valence-electron chi connectivity index (χ4n) is 3.89. The number of likely N-dealkylation sites (tertiary alicyclic amines) is 1. The fraction of sp³-hybridized carbons (Fsp3) is 0.444. The van der Waals surface area contributed by atoms with Crippen molar-refractivity contribution < 1.29 is 9.53 Å². The predicted molar refractivity (Wildman–Crippen MR) is 86.2 cm³/mol. The number of rotatable bonds is 3. The summed E-state index contributed by atoms with van der Waals surface area (Å²) in [6.07, 6.45) is 4.16. The van der Waals surface area contributed by atoms with Crippen LogP contribution in [0.2, 0.25) is 0 Å². The second-order valence-electron chi connectivity index (χ2n) is 6.63. The Balaban J connectivity index is 1.36. The first-order chi connectivity index (χ1) is 11.2. The molecule has 1 aliphatic heterocycles. The predicted octanol–water partition coefficient (Wildman–Crippen LogP) is 2.35. The molecule has 1 saturated carbocycles. The molecule has 2 aromatic rings. The molecule has 3 atom stereocenters. The van der Waals surface area contributed by atoms with Gasteiger partial charge in [-0.3, -0.25) is 9.48 Å². The van der Waals surface area contributed by atoms with Crippen LogP contribution >= 0.6 is 0 Å². The molecular formula is C18H21N3O2. The third-order valence-corrected chi connectivity index (χ3v) is 4.97. The first-order valence-corrected chi connectivity index (χ1v) is 8.19. The summed E-state index contributed by atoms with van der Waals surface area (Å²) in [6.45, 7) is 1.66. The van der Waals surface area contributed by atoms with Crippen molar-refractivity contribution >= 4 is 5.91 Å². The lowest BCUT2D eigenvalue weighted by Crippen LogP contribution is -2.31. The Kier molecular flexibility index (Phi) is 3.56. The quantitative estimate of drug-likeness (QED) is 0.874. The highest BCUT2D eigenvalue weighted by Crippen LogP contribution is 2.40. The molecular weight excluding hydrogens is 290 g/mol. The highest BCUT2D eigenvalue weighted by molar-refractivity contribution is 5.92. The van der Waals surface area contributed by atoms with Crippen LogP contribution in [0.5, 0.6) is 5.75 Å². The zero-order chi connectivity index (χ0) is 15.8. The minimum Gasteiger partial charge on any atom is -0.490 e. The number of fused-ring (bicyclic) bond motifs is 1. The summed E-state index contributed by atoms with van der Waals surface area (Å²) in [5, 5.41) is 4.22. The summed E-state index contributed by atoms with van der Waals surface area (Å²) in [5.74, 6) is 2.10. The summed E-state index contributed by atoms with van der Waals surface area (Å²) in [4.78, 5) is 14.4. The van der Waals surface area contributed by atoms with Crippen LogP contribution in [0.15, 0.2) is 42.6 Å². The van der Waals surface area contributed by atoms with Crippen molar-refractivity contribution in [1.82, 2.24) is 14.7 Å². The van der Waals surface area contributed by atoms with E-state index < -0.39 is 0 Å². The zero-order valence-electron chi connectivity index (χ0n) is 13.3. The third kappa shape index (κ3) is 2.83. The Labute approximate surface area is 135 Å². The molecule has 0 radical (unpaired) electrons. The number of carbonyl (C=O) groups excluding carboxylic acids is 1. The molecule has 1 unspecified atom stereocenters. The number of hydrogen-bond donors (Lipinski definition) is 0. The van der Waals surface area contributed by atoms with Crippen molar-refractivity contribution in [2.75, 3.05) is 13.1 Å². The average molecular weight is 311 g/mol. The molecule has 4 rings (SSSR count). The summed E-state index contributed by atoms with van der Waals surface area (Å²) in [6, 6.07) is 11.8. The van der Waals surface area contributed by atoms with Crippen LogP contribution in [-0.4, -0.2) is 39.8 Å². The number of aromatic nitrogens is 2. The van der Waals surface area contributed by atoms with Crippen LogP contribution in [0.3, 0.4) is 0 Å². The lowest BCUT2D eigenvalue weighted by Gasteiger charge is -2.19. The summed E-state index contributed by atoms with van der Waals surface area (Å²) < 4.78 is 7.75. The van der Waals surface area contributed by atoms with Crippen molar-refractivity contribution in [3.8, 4) is 5.75 Å². The van der Waals surface area contributed by atoms with Gasteiger partial charge in [0.25, 0.3) is 5.91 Å². The Hall–Kier alpha value is -2.30. The summed E-state index contributed by atoms with van der Waals surface area (Å²) in [7, 11) is 1.83. The highest BCUT2D eigenvalue weighted by atomic mass is 16.5. The number of para-hydroxylation sites is 1. The number of aryl methyl sites for hydroxylation is 1. The van der Waals surface area contributed by atoms with E-state index in [2.05, 4.69) is 5.10 Å². The second kappa shape index (κ2) is 5.72.